The van der Waals surface area contributed by atoms with Crippen molar-refractivity contribution < 1.29 is 24.0 Å². The van der Waals surface area contributed by atoms with Crippen molar-refractivity contribution in [1.29, 1.82) is 0 Å². The molecule has 0 radical (unpaired) electrons. The van der Waals surface area contributed by atoms with Gasteiger partial charge in [0.25, 0.3) is 5.69 Å². The van der Waals surface area contributed by atoms with E-state index in [0.29, 0.717) is 43.1 Å². The molecule has 2 aliphatic carbocycles. The van der Waals surface area contributed by atoms with Crippen LogP contribution in [0.2, 0.25) is 0 Å². The van der Waals surface area contributed by atoms with Crippen LogP contribution in [-0.2, 0) is 22.7 Å². The zero-order valence-electron chi connectivity index (χ0n) is 24.2. The summed E-state index contributed by atoms with van der Waals surface area (Å²) in [5.41, 5.74) is 6.15. The van der Waals surface area contributed by atoms with Crippen LogP contribution in [0.25, 0.3) is 0 Å². The first-order chi connectivity index (χ1) is 20.9. The Bertz CT molecular complexity index is 1600. The zero-order chi connectivity index (χ0) is 29.9. The topological polar surface area (TPSA) is 99.0 Å². The van der Waals surface area contributed by atoms with Crippen LogP contribution < -0.4 is 9.47 Å². The van der Waals surface area contributed by atoms with Crippen molar-refractivity contribution in [2.75, 3.05) is 6.61 Å². The van der Waals surface area contributed by atoms with Gasteiger partial charge in [0.05, 0.1) is 11.5 Å². The third kappa shape index (κ3) is 5.69. The number of allylic oxidation sites excluding steroid dienone is 4. The summed E-state index contributed by atoms with van der Waals surface area (Å²) in [5, 5.41) is 11.2. The maximum absolute atomic E-state index is 13.7. The summed E-state index contributed by atoms with van der Waals surface area (Å²) in [4.78, 5) is 40.4. The fraction of sp³-hybridized carbons (Fsp3) is 0.314. The SMILES string of the molecule is CCOc1cc(C2C3=C(CCCC3=O)N(Cc3ccccc3)C3=C2C(=O)CCC3)ccc1OCc1cccc([N+](=O)[O-])c1. The second-order valence-electron chi connectivity index (χ2n) is 11.1. The number of rotatable bonds is 9. The zero-order valence-corrected chi connectivity index (χ0v) is 24.2. The van der Waals surface area contributed by atoms with Gasteiger partial charge in [-0.3, -0.25) is 19.7 Å². The third-order valence-electron chi connectivity index (χ3n) is 8.39. The van der Waals surface area contributed by atoms with Crippen molar-refractivity contribution in [3.63, 3.8) is 0 Å². The van der Waals surface area contributed by atoms with Gasteiger partial charge in [-0.25, -0.2) is 0 Å². The Kier molecular flexibility index (Phi) is 8.09. The number of carbonyl (C=O) groups excluding carboxylic acids is 2. The highest BCUT2D eigenvalue weighted by Gasteiger charge is 2.43. The lowest BCUT2D eigenvalue weighted by molar-refractivity contribution is -0.384. The number of ether oxygens (including phenoxy) is 2. The monoisotopic (exact) mass is 578 g/mol. The molecule has 0 spiro atoms. The number of ketones is 2. The standard InChI is InChI=1S/C35H34N2O6/c1-2-42-32-20-25(17-18-31(32)43-22-24-11-6-12-26(19-24)37(40)41)33-34-27(13-7-15-29(34)38)36(21-23-9-4-3-5-10-23)28-14-8-16-30(39)35(28)33/h3-6,9-12,17-20,33H,2,7-8,13-16,21-22H2,1H3. The number of nitro groups is 1. The molecule has 1 heterocycles. The normalized spacial score (nSPS) is 17.1. The second-order valence-corrected chi connectivity index (χ2v) is 11.1. The van der Waals surface area contributed by atoms with Gasteiger partial charge >= 0.3 is 0 Å². The van der Waals surface area contributed by atoms with Gasteiger partial charge in [-0.1, -0.05) is 48.5 Å². The van der Waals surface area contributed by atoms with E-state index in [0.717, 1.165) is 59.4 Å². The largest absolute Gasteiger partial charge is 0.490 e. The number of nitrogens with zero attached hydrogens (tertiary/aromatic N) is 2. The summed E-state index contributed by atoms with van der Waals surface area (Å²) in [6.45, 7) is 3.03. The van der Waals surface area contributed by atoms with Gasteiger partial charge in [0.15, 0.2) is 23.1 Å². The van der Waals surface area contributed by atoms with Crippen molar-refractivity contribution in [1.82, 2.24) is 4.90 Å². The van der Waals surface area contributed by atoms with Crippen LogP contribution in [0.4, 0.5) is 5.69 Å². The Hall–Kier alpha value is -4.72. The van der Waals surface area contributed by atoms with Crippen LogP contribution in [0.1, 0.15) is 68.1 Å². The van der Waals surface area contributed by atoms with Crippen LogP contribution in [-0.4, -0.2) is 28.0 Å². The summed E-state index contributed by atoms with van der Waals surface area (Å²) >= 11 is 0. The van der Waals surface area contributed by atoms with Gasteiger partial charge in [0.1, 0.15) is 6.61 Å². The molecule has 0 unspecified atom stereocenters. The van der Waals surface area contributed by atoms with Crippen LogP contribution >= 0.6 is 0 Å². The maximum Gasteiger partial charge on any atom is 0.269 e. The van der Waals surface area contributed by atoms with Crippen molar-refractivity contribution >= 4 is 17.3 Å². The number of Topliss-reactive ketones (excluding diaryl/α,β-unsaturated/α-hetero) is 2. The minimum Gasteiger partial charge on any atom is -0.490 e. The molecule has 0 fully saturated rings. The predicted molar refractivity (Wildman–Crippen MR) is 162 cm³/mol. The maximum atomic E-state index is 13.7. The summed E-state index contributed by atoms with van der Waals surface area (Å²) in [6, 6.07) is 22.2. The number of nitro benzene ring substituents is 1. The summed E-state index contributed by atoms with van der Waals surface area (Å²) in [6.07, 6.45) is 4.10. The molecule has 6 rings (SSSR count). The molecule has 0 saturated carbocycles. The lowest BCUT2D eigenvalue weighted by Crippen LogP contribution is -2.38. The molecule has 3 aromatic rings. The van der Waals surface area contributed by atoms with Crippen LogP contribution in [0.15, 0.2) is 95.3 Å². The van der Waals surface area contributed by atoms with E-state index < -0.39 is 10.8 Å². The van der Waals surface area contributed by atoms with E-state index in [-0.39, 0.29) is 23.9 Å². The predicted octanol–water partition coefficient (Wildman–Crippen LogP) is 7.19. The Labute approximate surface area is 250 Å². The van der Waals surface area contributed by atoms with Crippen molar-refractivity contribution in [3.8, 4) is 11.5 Å². The molecule has 8 nitrogen and oxygen atoms in total. The van der Waals surface area contributed by atoms with Gasteiger partial charge in [0, 0.05) is 60.0 Å². The number of hydrogen-bond acceptors (Lipinski definition) is 7. The number of benzene rings is 3. The van der Waals surface area contributed by atoms with E-state index in [1.807, 2.05) is 43.3 Å². The van der Waals surface area contributed by atoms with Gasteiger partial charge in [0.2, 0.25) is 0 Å². The van der Waals surface area contributed by atoms with E-state index in [9.17, 15) is 19.7 Å². The molecule has 0 N–H and O–H groups in total. The first-order valence-corrected chi connectivity index (χ1v) is 14.9. The smallest absolute Gasteiger partial charge is 0.269 e. The van der Waals surface area contributed by atoms with Crippen molar-refractivity contribution in [2.45, 2.75) is 64.5 Å². The lowest BCUT2D eigenvalue weighted by Gasteiger charge is -2.44. The molecule has 3 aliphatic rings. The molecule has 0 saturated heterocycles. The molecule has 0 aromatic heterocycles. The molecule has 43 heavy (non-hydrogen) atoms. The van der Waals surface area contributed by atoms with Gasteiger partial charge < -0.3 is 14.4 Å². The fourth-order valence-electron chi connectivity index (χ4n) is 6.52. The summed E-state index contributed by atoms with van der Waals surface area (Å²) < 4.78 is 12.1. The van der Waals surface area contributed by atoms with Gasteiger partial charge in [-0.15, -0.1) is 0 Å². The molecule has 3 aromatic carbocycles. The molecule has 8 heteroatoms. The van der Waals surface area contributed by atoms with E-state index in [1.54, 1.807) is 12.1 Å². The van der Waals surface area contributed by atoms with Crippen molar-refractivity contribution in [3.05, 3.63) is 122 Å². The molecule has 0 bridgehead atoms. The lowest BCUT2D eigenvalue weighted by atomic mass is 9.71. The van der Waals surface area contributed by atoms with E-state index in [2.05, 4.69) is 17.0 Å². The highest BCUT2D eigenvalue weighted by molar-refractivity contribution is 6.06. The highest BCUT2D eigenvalue weighted by Crippen LogP contribution is 2.50. The number of carbonyl (C=O) groups is 2. The average Bonchev–Trinajstić information content (AvgIpc) is 3.02. The molecule has 1 aliphatic heterocycles. The Balaban J connectivity index is 1.40. The van der Waals surface area contributed by atoms with Crippen molar-refractivity contribution in [2.24, 2.45) is 0 Å². The number of non-ortho nitro benzene ring substituents is 1. The molecule has 220 valence electrons. The van der Waals surface area contributed by atoms with E-state index in [4.69, 9.17) is 9.47 Å². The average molecular weight is 579 g/mol. The minimum absolute atomic E-state index is 0.00235. The van der Waals surface area contributed by atoms with E-state index >= 15 is 0 Å². The third-order valence-corrected chi connectivity index (χ3v) is 8.39. The molecular weight excluding hydrogens is 544 g/mol. The first-order valence-electron chi connectivity index (χ1n) is 14.9. The Morgan fingerprint density at radius 1 is 0.791 bits per heavy atom. The second kappa shape index (κ2) is 12.3. The van der Waals surface area contributed by atoms with Crippen LogP contribution in [0.5, 0.6) is 11.5 Å². The molecular formula is C35H34N2O6. The quantitative estimate of drug-likeness (QED) is 0.196. The highest BCUT2D eigenvalue weighted by atomic mass is 16.6. The Morgan fingerprint density at radius 2 is 1.47 bits per heavy atom. The van der Waals surface area contributed by atoms with Crippen LogP contribution in [0.3, 0.4) is 0 Å². The first kappa shape index (κ1) is 28.4. The number of hydrogen-bond donors (Lipinski definition) is 0. The van der Waals surface area contributed by atoms with Gasteiger partial charge in [-0.05, 0) is 61.4 Å². The summed E-state index contributed by atoms with van der Waals surface area (Å²) in [7, 11) is 0. The van der Waals surface area contributed by atoms with Crippen LogP contribution in [0, 0.1) is 10.1 Å². The molecule has 0 amide bonds. The summed E-state index contributed by atoms with van der Waals surface area (Å²) in [5.74, 6) is 0.735. The molecule has 0 atom stereocenters. The Morgan fingerprint density at radius 3 is 2.12 bits per heavy atom. The minimum atomic E-state index is -0.456. The fourth-order valence-corrected chi connectivity index (χ4v) is 6.52. The van der Waals surface area contributed by atoms with Gasteiger partial charge in [-0.2, -0.15) is 0 Å². The van der Waals surface area contributed by atoms with E-state index in [1.165, 1.54) is 12.1 Å².